The number of aryl methyl sites for hydroxylation is 2. The standard InChI is InChI=1S/C27H26ClNO2S/c1-16(2)27(29-26-14-25(28)17(3)12-18(26)4)24-11-10-20(13-21(15-30)32-19(5)31)22-8-6-7-9-23(22)24/h6-15,29H,1-5H3/b21-13-. The van der Waals surface area contributed by atoms with Crippen LogP contribution in [0.15, 0.2) is 59.0 Å². The number of carbonyl (C=O) groups excluding carboxylic acids is 2. The van der Waals surface area contributed by atoms with Gasteiger partial charge < -0.3 is 5.32 Å². The first kappa shape index (κ1) is 23.8. The maximum Gasteiger partial charge on any atom is 0.190 e. The van der Waals surface area contributed by atoms with Gasteiger partial charge in [-0.05, 0) is 79.1 Å². The fourth-order valence-corrected chi connectivity index (χ4v) is 4.36. The first-order valence-corrected chi connectivity index (χ1v) is 11.5. The lowest BCUT2D eigenvalue weighted by molar-refractivity contribution is -0.109. The summed E-state index contributed by atoms with van der Waals surface area (Å²) in [5.74, 6) is 0. The van der Waals surface area contributed by atoms with Gasteiger partial charge in [0.25, 0.3) is 0 Å². The van der Waals surface area contributed by atoms with Crippen LogP contribution in [0.25, 0.3) is 22.5 Å². The fraction of sp³-hybridized carbons (Fsp3) is 0.185. The second-order valence-corrected chi connectivity index (χ2v) is 9.58. The molecule has 0 aliphatic heterocycles. The number of thioether (sulfide) groups is 1. The summed E-state index contributed by atoms with van der Waals surface area (Å²) < 4.78 is 0. The number of fused-ring (bicyclic) bond motifs is 1. The van der Waals surface area contributed by atoms with E-state index in [2.05, 4.69) is 44.3 Å². The van der Waals surface area contributed by atoms with Crippen molar-refractivity contribution in [3.05, 3.63) is 86.3 Å². The van der Waals surface area contributed by atoms with E-state index in [-0.39, 0.29) is 5.12 Å². The summed E-state index contributed by atoms with van der Waals surface area (Å²) in [5.41, 5.74) is 7.22. The van der Waals surface area contributed by atoms with Crippen LogP contribution in [0.5, 0.6) is 0 Å². The molecule has 0 heterocycles. The lowest BCUT2D eigenvalue weighted by atomic mass is 9.95. The maximum atomic E-state index is 11.5. The van der Waals surface area contributed by atoms with Crippen molar-refractivity contribution in [1.82, 2.24) is 0 Å². The minimum Gasteiger partial charge on any atom is -0.355 e. The molecule has 5 heteroatoms. The summed E-state index contributed by atoms with van der Waals surface area (Å²) >= 11 is 7.34. The molecule has 0 radical (unpaired) electrons. The van der Waals surface area contributed by atoms with Crippen molar-refractivity contribution in [3.8, 4) is 0 Å². The predicted molar refractivity (Wildman–Crippen MR) is 139 cm³/mol. The van der Waals surface area contributed by atoms with Gasteiger partial charge in [-0.15, -0.1) is 0 Å². The van der Waals surface area contributed by atoms with E-state index in [1.54, 1.807) is 6.08 Å². The average molecular weight is 464 g/mol. The van der Waals surface area contributed by atoms with Crippen LogP contribution in [0.3, 0.4) is 0 Å². The first-order valence-electron chi connectivity index (χ1n) is 10.3. The van der Waals surface area contributed by atoms with Crippen molar-refractivity contribution in [3.63, 3.8) is 0 Å². The number of anilines is 1. The van der Waals surface area contributed by atoms with Gasteiger partial charge in [-0.3, -0.25) is 9.59 Å². The van der Waals surface area contributed by atoms with Gasteiger partial charge in [0.2, 0.25) is 0 Å². The molecule has 0 saturated carbocycles. The number of allylic oxidation sites excluding steroid dienone is 2. The van der Waals surface area contributed by atoms with Crippen molar-refractivity contribution >= 4 is 63.0 Å². The van der Waals surface area contributed by atoms with Crippen molar-refractivity contribution < 1.29 is 9.59 Å². The minimum absolute atomic E-state index is 0.118. The quantitative estimate of drug-likeness (QED) is 0.299. The molecule has 0 aliphatic rings. The van der Waals surface area contributed by atoms with Crippen molar-refractivity contribution in [1.29, 1.82) is 0 Å². The molecule has 0 amide bonds. The van der Waals surface area contributed by atoms with Gasteiger partial charge in [0.15, 0.2) is 11.4 Å². The smallest absolute Gasteiger partial charge is 0.190 e. The zero-order valence-corrected chi connectivity index (χ0v) is 20.4. The number of hydrogen-bond acceptors (Lipinski definition) is 4. The van der Waals surface area contributed by atoms with Gasteiger partial charge in [0.1, 0.15) is 0 Å². The zero-order valence-electron chi connectivity index (χ0n) is 18.9. The van der Waals surface area contributed by atoms with E-state index in [0.29, 0.717) is 4.91 Å². The van der Waals surface area contributed by atoms with Crippen molar-refractivity contribution in [2.24, 2.45) is 0 Å². The van der Waals surface area contributed by atoms with E-state index < -0.39 is 0 Å². The summed E-state index contributed by atoms with van der Waals surface area (Å²) in [5, 5.41) is 6.26. The number of benzene rings is 3. The van der Waals surface area contributed by atoms with Gasteiger partial charge in [-0.25, -0.2) is 0 Å². The Morgan fingerprint density at radius 3 is 2.28 bits per heavy atom. The highest BCUT2D eigenvalue weighted by atomic mass is 35.5. The fourth-order valence-electron chi connectivity index (χ4n) is 3.63. The van der Waals surface area contributed by atoms with Crippen LogP contribution in [-0.2, 0) is 9.59 Å². The number of halogens is 1. The van der Waals surface area contributed by atoms with E-state index in [9.17, 15) is 9.59 Å². The summed E-state index contributed by atoms with van der Waals surface area (Å²) in [6, 6.07) is 16.2. The van der Waals surface area contributed by atoms with E-state index >= 15 is 0 Å². The number of hydrogen-bond donors (Lipinski definition) is 1. The Morgan fingerprint density at radius 2 is 1.66 bits per heavy atom. The molecule has 0 spiro atoms. The van der Waals surface area contributed by atoms with Gasteiger partial charge in [0.05, 0.1) is 4.91 Å². The molecule has 0 aliphatic carbocycles. The molecule has 0 bridgehead atoms. The lowest BCUT2D eigenvalue weighted by Gasteiger charge is -2.19. The van der Waals surface area contributed by atoms with E-state index in [0.717, 1.165) is 73.1 Å². The number of rotatable bonds is 6. The topological polar surface area (TPSA) is 46.2 Å². The van der Waals surface area contributed by atoms with E-state index in [4.69, 9.17) is 11.6 Å². The summed E-state index contributed by atoms with van der Waals surface area (Å²) in [4.78, 5) is 23.3. The Morgan fingerprint density at radius 1 is 0.969 bits per heavy atom. The Labute approximate surface area is 198 Å². The van der Waals surface area contributed by atoms with Crippen molar-refractivity contribution in [2.75, 3.05) is 5.32 Å². The van der Waals surface area contributed by atoms with Crippen LogP contribution in [0, 0.1) is 13.8 Å². The molecule has 3 aromatic rings. The Bertz CT molecular complexity index is 1270. The molecule has 3 nitrogen and oxygen atoms in total. The Hall–Kier alpha value is -2.82. The van der Waals surface area contributed by atoms with Gasteiger partial charge in [-0.1, -0.05) is 59.6 Å². The third-order valence-electron chi connectivity index (χ3n) is 5.17. The van der Waals surface area contributed by atoms with Crippen molar-refractivity contribution in [2.45, 2.75) is 34.6 Å². The minimum atomic E-state index is -0.118. The molecule has 164 valence electrons. The normalized spacial score (nSPS) is 11.4. The van der Waals surface area contributed by atoms with Crippen LogP contribution in [0.2, 0.25) is 5.02 Å². The second-order valence-electron chi connectivity index (χ2n) is 7.92. The molecule has 0 unspecified atom stereocenters. The molecule has 3 aromatic carbocycles. The molecule has 0 saturated heterocycles. The molecule has 0 fully saturated rings. The van der Waals surface area contributed by atoms with Gasteiger partial charge in [0, 0.05) is 28.9 Å². The summed E-state index contributed by atoms with van der Waals surface area (Å²) in [6.45, 7) is 9.66. The van der Waals surface area contributed by atoms with Gasteiger partial charge in [-0.2, -0.15) is 0 Å². The summed E-state index contributed by atoms with van der Waals surface area (Å²) in [7, 11) is 0. The Kier molecular flexibility index (Phi) is 7.60. The van der Waals surface area contributed by atoms with Crippen LogP contribution in [0.4, 0.5) is 5.69 Å². The van der Waals surface area contributed by atoms with Gasteiger partial charge >= 0.3 is 0 Å². The monoisotopic (exact) mass is 463 g/mol. The molecule has 32 heavy (non-hydrogen) atoms. The van der Waals surface area contributed by atoms with Crippen LogP contribution in [0.1, 0.15) is 43.0 Å². The molecular weight excluding hydrogens is 438 g/mol. The lowest BCUT2D eigenvalue weighted by Crippen LogP contribution is -2.04. The van der Waals surface area contributed by atoms with Crippen LogP contribution in [-0.4, -0.2) is 11.4 Å². The first-order chi connectivity index (χ1) is 15.2. The highest BCUT2D eigenvalue weighted by molar-refractivity contribution is 8.17. The largest absolute Gasteiger partial charge is 0.355 e. The number of carbonyl (C=O) groups is 2. The number of aldehydes is 1. The Balaban J connectivity index is 2.15. The van der Waals surface area contributed by atoms with Crippen LogP contribution < -0.4 is 5.32 Å². The molecular formula is C27H26ClNO2S. The molecule has 0 atom stereocenters. The third-order valence-corrected chi connectivity index (χ3v) is 6.31. The third kappa shape index (κ3) is 5.32. The van der Waals surface area contributed by atoms with E-state index in [1.807, 2.05) is 37.3 Å². The second kappa shape index (κ2) is 10.2. The highest BCUT2D eigenvalue weighted by Crippen LogP contribution is 2.34. The van der Waals surface area contributed by atoms with Crippen LogP contribution >= 0.6 is 23.4 Å². The molecule has 3 rings (SSSR count). The zero-order chi connectivity index (χ0) is 23.4. The summed E-state index contributed by atoms with van der Waals surface area (Å²) in [6.07, 6.45) is 2.49. The molecule has 0 aromatic heterocycles. The highest BCUT2D eigenvalue weighted by Gasteiger charge is 2.13. The average Bonchev–Trinajstić information content (AvgIpc) is 2.75. The maximum absolute atomic E-state index is 11.5. The predicted octanol–water partition coefficient (Wildman–Crippen LogP) is 7.79. The molecule has 1 N–H and O–H groups in total. The SMILES string of the molecule is CC(=O)S/C(C=O)=C\c1ccc(C(Nc2cc(Cl)c(C)cc2C)=C(C)C)c2ccccc12. The number of nitrogens with one attached hydrogen (secondary N) is 1. The van der Waals surface area contributed by atoms with E-state index in [1.165, 1.54) is 6.92 Å².